The highest BCUT2D eigenvalue weighted by atomic mass is 16.2. The van der Waals surface area contributed by atoms with Crippen LogP contribution in [-0.2, 0) is 19.9 Å². The zero-order chi connectivity index (χ0) is 17.3. The van der Waals surface area contributed by atoms with Crippen LogP contribution in [-0.4, -0.2) is 25.1 Å². The van der Waals surface area contributed by atoms with Crippen LogP contribution in [0, 0.1) is 0 Å². The zero-order valence-electron chi connectivity index (χ0n) is 13.9. The molecule has 3 rings (SSSR count). The second-order valence-corrected chi connectivity index (χ2v) is 5.46. The molecule has 0 aliphatic heterocycles. The third-order valence-electron chi connectivity index (χ3n) is 4.01. The molecule has 1 N–H and O–H groups in total. The van der Waals surface area contributed by atoms with Crippen LogP contribution in [0.5, 0.6) is 0 Å². The lowest BCUT2D eigenvalue weighted by atomic mass is 10.1. The quantitative estimate of drug-likeness (QED) is 0.793. The van der Waals surface area contributed by atoms with Gasteiger partial charge in [0.25, 0.3) is 11.5 Å². The number of amides is 1. The van der Waals surface area contributed by atoms with Crippen LogP contribution in [0.2, 0.25) is 0 Å². The number of aryl methyl sites for hydroxylation is 2. The van der Waals surface area contributed by atoms with Gasteiger partial charge in [-0.1, -0.05) is 19.9 Å². The van der Waals surface area contributed by atoms with Gasteiger partial charge >= 0.3 is 0 Å². The second-order valence-electron chi connectivity index (χ2n) is 5.46. The van der Waals surface area contributed by atoms with Crippen molar-refractivity contribution in [3.05, 3.63) is 57.8 Å². The Morgan fingerprint density at radius 2 is 2.04 bits per heavy atom. The minimum atomic E-state index is -0.480. The molecule has 124 valence electrons. The normalized spacial score (nSPS) is 11.0. The maximum absolute atomic E-state index is 12.6. The Labute approximate surface area is 139 Å². The van der Waals surface area contributed by atoms with Crippen LogP contribution in [0.4, 0.5) is 5.82 Å². The Bertz CT molecular complexity index is 971. The average Bonchev–Trinajstić information content (AvgIpc) is 2.90. The number of aromatic nitrogens is 4. The predicted octanol–water partition coefficient (Wildman–Crippen LogP) is 1.81. The first-order valence-electron chi connectivity index (χ1n) is 7.89. The predicted molar refractivity (Wildman–Crippen MR) is 91.4 cm³/mol. The third-order valence-corrected chi connectivity index (χ3v) is 4.01. The molecule has 7 heteroatoms. The lowest BCUT2D eigenvalue weighted by Gasteiger charge is -2.08. The van der Waals surface area contributed by atoms with E-state index in [9.17, 15) is 9.59 Å². The van der Waals surface area contributed by atoms with Gasteiger partial charge in [-0.05, 0) is 25.0 Å². The number of carbonyl (C=O) groups is 1. The Morgan fingerprint density at radius 1 is 1.25 bits per heavy atom. The van der Waals surface area contributed by atoms with Gasteiger partial charge in [-0.25, -0.2) is 4.98 Å². The summed E-state index contributed by atoms with van der Waals surface area (Å²) in [7, 11) is 1.78. The van der Waals surface area contributed by atoms with E-state index < -0.39 is 11.5 Å². The number of rotatable bonds is 4. The molecule has 0 aromatic carbocycles. The highest BCUT2D eigenvalue weighted by Crippen LogP contribution is 2.20. The van der Waals surface area contributed by atoms with Gasteiger partial charge < -0.3 is 5.32 Å². The number of nitrogens with zero attached hydrogens (tertiary/aromatic N) is 4. The summed E-state index contributed by atoms with van der Waals surface area (Å²) in [5.41, 5.74) is 2.04. The summed E-state index contributed by atoms with van der Waals surface area (Å²) in [6.45, 7) is 4.03. The molecule has 24 heavy (non-hydrogen) atoms. The number of hydrogen-bond acceptors (Lipinski definition) is 4. The first-order chi connectivity index (χ1) is 11.6. The molecule has 0 fully saturated rings. The number of nitrogens with one attached hydrogen (secondary N) is 1. The molecule has 0 unspecified atom stereocenters. The zero-order valence-corrected chi connectivity index (χ0v) is 13.9. The molecule has 1 amide bonds. The SMILES string of the molecule is CCc1nn(C)c(NC(=O)c2cnc3ccccn3c2=O)c1CC. The molecule has 0 atom stereocenters. The molecule has 0 aliphatic carbocycles. The van der Waals surface area contributed by atoms with Gasteiger partial charge in [0.1, 0.15) is 17.0 Å². The second kappa shape index (κ2) is 6.27. The van der Waals surface area contributed by atoms with Crippen molar-refractivity contribution in [1.29, 1.82) is 0 Å². The lowest BCUT2D eigenvalue weighted by molar-refractivity contribution is 0.102. The van der Waals surface area contributed by atoms with E-state index in [2.05, 4.69) is 15.4 Å². The summed E-state index contributed by atoms with van der Waals surface area (Å²) in [6, 6.07) is 5.23. The molecule has 0 radical (unpaired) electrons. The van der Waals surface area contributed by atoms with Gasteiger partial charge in [-0.2, -0.15) is 5.10 Å². The maximum Gasteiger partial charge on any atom is 0.270 e. The fraction of sp³-hybridized carbons (Fsp3) is 0.294. The van der Waals surface area contributed by atoms with Crippen molar-refractivity contribution in [2.24, 2.45) is 7.05 Å². The highest BCUT2D eigenvalue weighted by molar-refractivity contribution is 6.03. The van der Waals surface area contributed by atoms with Crippen LogP contribution in [0.1, 0.15) is 35.5 Å². The van der Waals surface area contributed by atoms with E-state index in [1.165, 1.54) is 10.6 Å². The Kier molecular flexibility index (Phi) is 4.16. The number of pyridine rings is 1. The standard InChI is InChI=1S/C17H19N5O2/c1-4-11-13(5-2)20-21(3)15(11)19-16(23)12-10-18-14-8-6-7-9-22(14)17(12)24/h6-10H,4-5H2,1-3H3,(H,19,23). The molecule has 0 spiro atoms. The third kappa shape index (κ3) is 2.58. The molecule has 0 saturated carbocycles. The van der Waals surface area contributed by atoms with Crippen molar-refractivity contribution >= 4 is 17.4 Å². The van der Waals surface area contributed by atoms with Gasteiger partial charge in [-0.3, -0.25) is 18.7 Å². The monoisotopic (exact) mass is 325 g/mol. The largest absolute Gasteiger partial charge is 0.306 e. The summed E-state index contributed by atoms with van der Waals surface area (Å²) < 4.78 is 3.00. The minimum Gasteiger partial charge on any atom is -0.306 e. The summed E-state index contributed by atoms with van der Waals surface area (Å²) in [6.07, 6.45) is 4.45. The molecular formula is C17H19N5O2. The van der Waals surface area contributed by atoms with Crippen molar-refractivity contribution in [3.63, 3.8) is 0 Å². The Morgan fingerprint density at radius 3 is 2.75 bits per heavy atom. The molecular weight excluding hydrogens is 306 g/mol. The Balaban J connectivity index is 2.01. The topological polar surface area (TPSA) is 81.3 Å². The van der Waals surface area contributed by atoms with E-state index in [-0.39, 0.29) is 5.56 Å². The van der Waals surface area contributed by atoms with Crippen molar-refractivity contribution < 1.29 is 4.79 Å². The van der Waals surface area contributed by atoms with E-state index in [1.807, 2.05) is 13.8 Å². The molecule has 0 saturated heterocycles. The minimum absolute atomic E-state index is 0.00000142. The summed E-state index contributed by atoms with van der Waals surface area (Å²) in [4.78, 5) is 29.3. The van der Waals surface area contributed by atoms with Crippen molar-refractivity contribution in [2.45, 2.75) is 26.7 Å². The van der Waals surface area contributed by atoms with Crippen molar-refractivity contribution in [2.75, 3.05) is 5.32 Å². The van der Waals surface area contributed by atoms with Gasteiger partial charge in [0, 0.05) is 25.0 Å². The van der Waals surface area contributed by atoms with Crippen molar-refractivity contribution in [3.8, 4) is 0 Å². The van der Waals surface area contributed by atoms with Gasteiger partial charge in [0.15, 0.2) is 0 Å². The smallest absolute Gasteiger partial charge is 0.270 e. The summed E-state index contributed by atoms with van der Waals surface area (Å²) in [5, 5.41) is 7.24. The average molecular weight is 325 g/mol. The van der Waals surface area contributed by atoms with E-state index in [0.29, 0.717) is 11.5 Å². The number of hydrogen-bond donors (Lipinski definition) is 1. The molecule has 3 aromatic heterocycles. The summed E-state index contributed by atoms with van der Waals surface area (Å²) >= 11 is 0. The van der Waals surface area contributed by atoms with Gasteiger partial charge in [0.2, 0.25) is 0 Å². The molecule has 3 heterocycles. The Hall–Kier alpha value is -2.96. The number of fused-ring (bicyclic) bond motifs is 1. The van der Waals surface area contributed by atoms with Gasteiger partial charge in [0.05, 0.1) is 5.69 Å². The van der Waals surface area contributed by atoms with Gasteiger partial charge in [-0.15, -0.1) is 0 Å². The van der Waals surface area contributed by atoms with Crippen molar-refractivity contribution in [1.82, 2.24) is 19.2 Å². The van der Waals surface area contributed by atoms with Crippen LogP contribution in [0.25, 0.3) is 5.65 Å². The van der Waals surface area contributed by atoms with E-state index in [1.54, 1.807) is 36.1 Å². The molecule has 0 bridgehead atoms. The number of carbonyl (C=O) groups excluding carboxylic acids is 1. The van der Waals surface area contributed by atoms with E-state index in [0.717, 1.165) is 24.1 Å². The number of anilines is 1. The van der Waals surface area contributed by atoms with Crippen LogP contribution >= 0.6 is 0 Å². The first kappa shape index (κ1) is 15.9. The van der Waals surface area contributed by atoms with E-state index >= 15 is 0 Å². The fourth-order valence-electron chi connectivity index (χ4n) is 2.79. The molecule has 0 aliphatic rings. The fourth-order valence-corrected chi connectivity index (χ4v) is 2.79. The highest BCUT2D eigenvalue weighted by Gasteiger charge is 2.19. The van der Waals surface area contributed by atoms with Crippen LogP contribution < -0.4 is 10.9 Å². The molecule has 3 aromatic rings. The maximum atomic E-state index is 12.6. The molecule has 7 nitrogen and oxygen atoms in total. The van der Waals surface area contributed by atoms with E-state index in [4.69, 9.17) is 0 Å². The lowest BCUT2D eigenvalue weighted by Crippen LogP contribution is -2.27. The van der Waals surface area contributed by atoms with Crippen LogP contribution in [0.15, 0.2) is 35.4 Å². The van der Waals surface area contributed by atoms with Crippen LogP contribution in [0.3, 0.4) is 0 Å². The first-order valence-corrected chi connectivity index (χ1v) is 7.89. The summed E-state index contributed by atoms with van der Waals surface area (Å²) in [5.74, 6) is 0.142.